The zero-order valence-electron chi connectivity index (χ0n) is 9.24. The van der Waals surface area contributed by atoms with Crippen molar-refractivity contribution in [2.24, 2.45) is 0 Å². The number of hydrogen-bond donors (Lipinski definition) is 1. The van der Waals surface area contributed by atoms with Crippen molar-refractivity contribution in [3.63, 3.8) is 0 Å². The van der Waals surface area contributed by atoms with Gasteiger partial charge in [0.1, 0.15) is 0 Å². The van der Waals surface area contributed by atoms with Gasteiger partial charge in [-0.05, 0) is 18.2 Å². The molecule has 9 heteroatoms. The maximum Gasteiger partial charge on any atom is 0.390 e. The summed E-state index contributed by atoms with van der Waals surface area (Å²) in [7, 11) is -4.30. The molecular weight excluding hydrogens is 309 g/mol. The normalized spacial score (nSPS) is 12.4. The molecule has 0 aliphatic heterocycles. The molecule has 0 bridgehead atoms. The second-order valence-electron chi connectivity index (χ2n) is 3.63. The van der Waals surface area contributed by atoms with Crippen LogP contribution in [0, 0.1) is 0 Å². The number of benzene rings is 1. The Hall–Kier alpha value is -1.28. The average Bonchev–Trinajstić information content (AvgIpc) is 2.25. The topological polar surface area (TPSA) is 71.4 Å². The summed E-state index contributed by atoms with van der Waals surface area (Å²) in [6.07, 6.45) is -6.15. The van der Waals surface area contributed by atoms with Gasteiger partial charge < -0.3 is 5.11 Å². The van der Waals surface area contributed by atoms with Crippen LogP contribution < -0.4 is 0 Å². The molecule has 0 aliphatic rings. The van der Waals surface area contributed by atoms with E-state index < -0.39 is 39.1 Å². The molecule has 0 atom stereocenters. The molecule has 1 N–H and O–H groups in total. The van der Waals surface area contributed by atoms with E-state index in [0.717, 1.165) is 18.2 Å². The molecule has 0 aliphatic carbocycles. The van der Waals surface area contributed by atoms with E-state index in [0.29, 0.717) is 0 Å². The highest BCUT2D eigenvalue weighted by Crippen LogP contribution is 2.27. The van der Waals surface area contributed by atoms with Crippen molar-refractivity contribution in [3.8, 4) is 0 Å². The monoisotopic (exact) mass is 316 g/mol. The number of halogens is 4. The number of alkyl halides is 3. The van der Waals surface area contributed by atoms with Crippen LogP contribution in [-0.4, -0.2) is 31.4 Å². The maximum absolute atomic E-state index is 12.0. The fraction of sp³-hybridized carbons (Fsp3) is 0.300. The lowest BCUT2D eigenvalue weighted by Crippen LogP contribution is -2.17. The third-order valence-corrected chi connectivity index (χ3v) is 4.36. The molecular formula is C10H8ClF3O4S. The highest BCUT2D eigenvalue weighted by molar-refractivity contribution is 7.91. The van der Waals surface area contributed by atoms with Gasteiger partial charge in [-0.1, -0.05) is 11.6 Å². The Labute approximate surface area is 111 Å². The summed E-state index contributed by atoms with van der Waals surface area (Å²) in [6.45, 7) is 0. The molecule has 1 rings (SSSR count). The van der Waals surface area contributed by atoms with Crippen molar-refractivity contribution in [1.29, 1.82) is 0 Å². The van der Waals surface area contributed by atoms with Crippen molar-refractivity contribution < 1.29 is 31.5 Å². The Kier molecular flexibility index (Phi) is 4.46. The van der Waals surface area contributed by atoms with Gasteiger partial charge in [-0.2, -0.15) is 13.2 Å². The molecule has 0 radical (unpaired) electrons. The average molecular weight is 317 g/mol. The second-order valence-corrected chi connectivity index (χ2v) is 6.12. The Morgan fingerprint density at radius 3 is 2.37 bits per heavy atom. The molecule has 4 nitrogen and oxygen atoms in total. The molecule has 1 aromatic carbocycles. The summed E-state index contributed by atoms with van der Waals surface area (Å²) in [6, 6.07) is 2.83. The van der Waals surface area contributed by atoms with Gasteiger partial charge in [-0.25, -0.2) is 13.2 Å². The van der Waals surface area contributed by atoms with E-state index in [9.17, 15) is 26.4 Å². The van der Waals surface area contributed by atoms with Gasteiger partial charge in [0.25, 0.3) is 0 Å². The SMILES string of the molecule is O=C(O)c1ccc(Cl)c(S(=O)(=O)CCC(F)(F)F)c1. The first-order chi connectivity index (χ1) is 8.53. The quantitative estimate of drug-likeness (QED) is 0.927. The van der Waals surface area contributed by atoms with E-state index >= 15 is 0 Å². The van der Waals surface area contributed by atoms with E-state index in [-0.39, 0.29) is 10.6 Å². The highest BCUT2D eigenvalue weighted by Gasteiger charge is 2.31. The van der Waals surface area contributed by atoms with Gasteiger partial charge in [0.2, 0.25) is 0 Å². The number of carbonyl (C=O) groups is 1. The summed E-state index contributed by atoms with van der Waals surface area (Å²) in [5, 5.41) is 8.39. The third-order valence-electron chi connectivity index (χ3n) is 2.17. The van der Waals surface area contributed by atoms with Crippen molar-refractivity contribution in [3.05, 3.63) is 28.8 Å². The zero-order chi connectivity index (χ0) is 14.8. The molecule has 0 amide bonds. The van der Waals surface area contributed by atoms with E-state index in [1.54, 1.807) is 0 Å². The number of carboxylic acid groups (broad SMARTS) is 1. The van der Waals surface area contributed by atoms with E-state index in [2.05, 4.69) is 0 Å². The second kappa shape index (κ2) is 5.38. The van der Waals surface area contributed by atoms with Crippen molar-refractivity contribution >= 4 is 27.4 Å². The number of sulfone groups is 1. The molecule has 0 saturated heterocycles. The van der Waals surface area contributed by atoms with Crippen molar-refractivity contribution in [2.75, 3.05) is 5.75 Å². The Morgan fingerprint density at radius 2 is 1.89 bits per heavy atom. The lowest BCUT2D eigenvalue weighted by Gasteiger charge is -2.09. The standard InChI is InChI=1S/C10H8ClF3O4S/c11-7-2-1-6(9(15)16)5-8(7)19(17,18)4-3-10(12,13)14/h1-2,5H,3-4H2,(H,15,16). The van der Waals surface area contributed by atoms with Crippen LogP contribution in [0.15, 0.2) is 23.1 Å². The minimum Gasteiger partial charge on any atom is -0.478 e. The molecule has 19 heavy (non-hydrogen) atoms. The van der Waals surface area contributed by atoms with Crippen LogP contribution in [-0.2, 0) is 9.84 Å². The number of hydrogen-bond acceptors (Lipinski definition) is 3. The maximum atomic E-state index is 12.0. The molecule has 0 fully saturated rings. The summed E-state index contributed by atoms with van der Waals surface area (Å²) < 4.78 is 59.4. The Balaban J connectivity index is 3.14. The minimum absolute atomic E-state index is 0.313. The fourth-order valence-electron chi connectivity index (χ4n) is 1.23. The summed E-state index contributed by atoms with van der Waals surface area (Å²) in [4.78, 5) is 10.1. The van der Waals surface area contributed by atoms with E-state index in [1.807, 2.05) is 0 Å². The van der Waals surface area contributed by atoms with Crippen molar-refractivity contribution in [1.82, 2.24) is 0 Å². The van der Waals surface area contributed by atoms with E-state index in [1.165, 1.54) is 0 Å². The van der Waals surface area contributed by atoms with Gasteiger partial charge in [-0.15, -0.1) is 0 Å². The Bertz CT molecular complexity index is 595. The molecule has 0 unspecified atom stereocenters. The molecule has 0 spiro atoms. The lowest BCUT2D eigenvalue weighted by atomic mass is 10.2. The predicted molar refractivity (Wildman–Crippen MR) is 61.1 cm³/mol. The van der Waals surface area contributed by atoms with Crippen LogP contribution in [0.4, 0.5) is 13.2 Å². The summed E-state index contributed by atoms with van der Waals surface area (Å²) >= 11 is 5.58. The first-order valence-corrected chi connectivity index (χ1v) is 6.88. The van der Waals surface area contributed by atoms with E-state index in [4.69, 9.17) is 16.7 Å². The van der Waals surface area contributed by atoms with Gasteiger partial charge >= 0.3 is 12.1 Å². The predicted octanol–water partition coefficient (Wildman–Crippen LogP) is 2.76. The number of rotatable bonds is 4. The smallest absolute Gasteiger partial charge is 0.390 e. The summed E-state index contributed by atoms with van der Waals surface area (Å²) in [5.74, 6) is -2.58. The largest absolute Gasteiger partial charge is 0.478 e. The first-order valence-electron chi connectivity index (χ1n) is 4.85. The van der Waals surface area contributed by atoms with Crippen LogP contribution >= 0.6 is 11.6 Å². The van der Waals surface area contributed by atoms with Crippen LogP contribution in [0.1, 0.15) is 16.8 Å². The number of carboxylic acids is 1. The molecule has 106 valence electrons. The molecule has 0 heterocycles. The Morgan fingerprint density at radius 1 is 1.32 bits per heavy atom. The van der Waals surface area contributed by atoms with Crippen molar-refractivity contribution in [2.45, 2.75) is 17.5 Å². The van der Waals surface area contributed by atoms with Gasteiger partial charge in [-0.3, -0.25) is 0 Å². The lowest BCUT2D eigenvalue weighted by molar-refractivity contribution is -0.129. The number of aromatic carboxylic acids is 1. The molecule has 0 aromatic heterocycles. The molecule has 1 aromatic rings. The first kappa shape index (κ1) is 15.8. The zero-order valence-corrected chi connectivity index (χ0v) is 10.8. The fourth-order valence-corrected chi connectivity index (χ4v) is 3.10. The molecule has 0 saturated carbocycles. The minimum atomic E-state index is -4.62. The summed E-state index contributed by atoms with van der Waals surface area (Å²) in [5.41, 5.74) is -0.366. The van der Waals surface area contributed by atoms with Crippen LogP contribution in [0.5, 0.6) is 0 Å². The van der Waals surface area contributed by atoms with Crippen LogP contribution in [0.2, 0.25) is 5.02 Å². The third kappa shape index (κ3) is 4.39. The van der Waals surface area contributed by atoms with Gasteiger partial charge in [0, 0.05) is 0 Å². The van der Waals surface area contributed by atoms with Gasteiger partial charge in [0.05, 0.1) is 27.7 Å². The van der Waals surface area contributed by atoms with Gasteiger partial charge in [0.15, 0.2) is 9.84 Å². The highest BCUT2D eigenvalue weighted by atomic mass is 35.5. The van der Waals surface area contributed by atoms with Crippen LogP contribution in [0.25, 0.3) is 0 Å². The van der Waals surface area contributed by atoms with Crippen LogP contribution in [0.3, 0.4) is 0 Å².